The molecular formula is C25H21F2N7O2. The van der Waals surface area contributed by atoms with Gasteiger partial charge in [-0.2, -0.15) is 14.8 Å². The van der Waals surface area contributed by atoms with Crippen LogP contribution in [-0.4, -0.2) is 25.8 Å². The van der Waals surface area contributed by atoms with E-state index in [2.05, 4.69) is 25.7 Å². The number of nitriles is 1. The number of hydrogen-bond acceptors (Lipinski definition) is 6. The van der Waals surface area contributed by atoms with E-state index in [9.17, 15) is 13.6 Å². The molecule has 0 saturated heterocycles. The number of hydrogen-bond donors (Lipinski definition) is 2. The number of aromatic nitrogens is 4. The number of urea groups is 1. The zero-order chi connectivity index (χ0) is 25.7. The fourth-order valence-electron chi connectivity index (χ4n) is 3.25. The average molecular weight is 489 g/mol. The molecule has 0 aliphatic rings. The van der Waals surface area contributed by atoms with Crippen LogP contribution in [0.25, 0.3) is 11.3 Å². The van der Waals surface area contributed by atoms with Gasteiger partial charge in [0.1, 0.15) is 12.3 Å². The van der Waals surface area contributed by atoms with E-state index in [1.165, 1.54) is 47.5 Å². The number of ether oxygens (including phenoxy) is 1. The Balaban J connectivity index is 1.46. The highest BCUT2D eigenvalue weighted by molar-refractivity contribution is 5.99. The van der Waals surface area contributed by atoms with Crippen LogP contribution < -0.4 is 15.4 Å². The molecule has 0 atom stereocenters. The maximum absolute atomic E-state index is 14.7. The van der Waals surface area contributed by atoms with E-state index in [0.717, 1.165) is 5.56 Å². The molecule has 11 heteroatoms. The normalized spacial score (nSPS) is 10.7. The average Bonchev–Trinajstić information content (AvgIpc) is 3.33. The number of rotatable bonds is 7. The van der Waals surface area contributed by atoms with Crippen molar-refractivity contribution in [3.8, 4) is 28.8 Å². The Bertz CT molecular complexity index is 1450. The van der Waals surface area contributed by atoms with Gasteiger partial charge in [0.15, 0.2) is 11.6 Å². The van der Waals surface area contributed by atoms with E-state index in [1.54, 1.807) is 18.5 Å². The number of nitrogens with zero attached hydrogens (tertiary/aromatic N) is 5. The van der Waals surface area contributed by atoms with Gasteiger partial charge >= 0.3 is 6.03 Å². The van der Waals surface area contributed by atoms with Crippen LogP contribution in [0.15, 0.2) is 61.3 Å². The number of nitrogens with one attached hydrogen (secondary N) is 2. The molecule has 3 aromatic heterocycles. The summed E-state index contributed by atoms with van der Waals surface area (Å²) in [6.45, 7) is 4.06. The smallest absolute Gasteiger partial charge is 0.323 e. The molecule has 0 aliphatic heterocycles. The highest BCUT2D eigenvalue weighted by atomic mass is 19.2. The topological polar surface area (TPSA) is 118 Å². The summed E-state index contributed by atoms with van der Waals surface area (Å²) >= 11 is 0. The molecule has 182 valence electrons. The summed E-state index contributed by atoms with van der Waals surface area (Å²) in [5, 5.41) is 17.7. The Labute approximate surface area is 205 Å². The first kappa shape index (κ1) is 24.3. The van der Waals surface area contributed by atoms with Crippen molar-refractivity contribution in [1.29, 1.82) is 5.26 Å². The Hall–Kier alpha value is -4.85. The summed E-state index contributed by atoms with van der Waals surface area (Å²) in [6, 6.07) is 8.41. The predicted molar refractivity (Wildman–Crippen MR) is 128 cm³/mol. The van der Waals surface area contributed by atoms with Crippen LogP contribution in [0.5, 0.6) is 11.5 Å². The molecule has 2 amide bonds. The van der Waals surface area contributed by atoms with Gasteiger partial charge in [-0.1, -0.05) is 13.8 Å². The van der Waals surface area contributed by atoms with Crippen molar-refractivity contribution in [2.45, 2.75) is 26.3 Å². The van der Waals surface area contributed by atoms with Crippen LogP contribution in [0, 0.1) is 23.0 Å². The van der Waals surface area contributed by atoms with Crippen molar-refractivity contribution < 1.29 is 18.3 Å². The standard InChI is InChI=1S/C25H21F2N7O2/c1-15(2)16-9-18(13-29-11-16)32-25(35)33-20-3-4-22(24(27)23(20)26)36-19-5-7-30-21(10-19)17-12-31-34(14-17)8-6-28/h3-5,7,9-15H,8H2,1-2H3,(H2,32,33,35). The highest BCUT2D eigenvalue weighted by Gasteiger charge is 2.18. The van der Waals surface area contributed by atoms with Crippen molar-refractivity contribution >= 4 is 17.4 Å². The lowest BCUT2D eigenvalue weighted by Gasteiger charge is -2.12. The number of anilines is 2. The fraction of sp³-hybridized carbons (Fsp3) is 0.160. The molecule has 0 fully saturated rings. The van der Waals surface area contributed by atoms with Gasteiger partial charge in [0, 0.05) is 30.2 Å². The van der Waals surface area contributed by atoms with Crippen LogP contribution in [-0.2, 0) is 6.54 Å². The number of benzene rings is 1. The summed E-state index contributed by atoms with van der Waals surface area (Å²) in [7, 11) is 0. The quantitative estimate of drug-likeness (QED) is 0.344. The number of carbonyl (C=O) groups excluding carboxylic acids is 1. The van der Waals surface area contributed by atoms with Gasteiger partial charge in [0.2, 0.25) is 5.82 Å². The minimum Gasteiger partial charge on any atom is -0.454 e. The van der Waals surface area contributed by atoms with Crippen LogP contribution in [0.4, 0.5) is 25.0 Å². The summed E-state index contributed by atoms with van der Waals surface area (Å²) in [6.07, 6.45) is 7.76. The van der Waals surface area contributed by atoms with E-state index in [4.69, 9.17) is 10.00 Å². The van der Waals surface area contributed by atoms with E-state index >= 15 is 0 Å². The van der Waals surface area contributed by atoms with Gasteiger partial charge in [-0.15, -0.1) is 0 Å². The second-order valence-corrected chi connectivity index (χ2v) is 8.04. The van der Waals surface area contributed by atoms with E-state index in [0.29, 0.717) is 16.9 Å². The molecule has 4 rings (SSSR count). The molecule has 9 nitrogen and oxygen atoms in total. The lowest BCUT2D eigenvalue weighted by Crippen LogP contribution is -2.20. The van der Waals surface area contributed by atoms with Gasteiger partial charge < -0.3 is 15.4 Å². The molecule has 4 aromatic rings. The Morgan fingerprint density at radius 1 is 1.14 bits per heavy atom. The predicted octanol–water partition coefficient (Wildman–Crippen LogP) is 5.70. The first-order valence-electron chi connectivity index (χ1n) is 10.9. The van der Waals surface area contributed by atoms with Crippen LogP contribution in [0.3, 0.4) is 0 Å². The molecule has 36 heavy (non-hydrogen) atoms. The Morgan fingerprint density at radius 2 is 1.97 bits per heavy atom. The van der Waals surface area contributed by atoms with Crippen LogP contribution in [0.2, 0.25) is 0 Å². The van der Waals surface area contributed by atoms with Crippen molar-refractivity contribution in [3.63, 3.8) is 0 Å². The zero-order valence-corrected chi connectivity index (χ0v) is 19.4. The Kier molecular flexibility index (Phi) is 7.15. The summed E-state index contributed by atoms with van der Waals surface area (Å²) < 4.78 is 36.4. The van der Waals surface area contributed by atoms with E-state index in [1.807, 2.05) is 19.9 Å². The van der Waals surface area contributed by atoms with E-state index < -0.39 is 17.7 Å². The van der Waals surface area contributed by atoms with E-state index in [-0.39, 0.29) is 29.6 Å². The largest absolute Gasteiger partial charge is 0.454 e. The van der Waals surface area contributed by atoms with Gasteiger partial charge in [-0.3, -0.25) is 14.6 Å². The Morgan fingerprint density at radius 3 is 2.75 bits per heavy atom. The lowest BCUT2D eigenvalue weighted by atomic mass is 10.1. The second kappa shape index (κ2) is 10.6. The summed E-state index contributed by atoms with van der Waals surface area (Å²) in [5.41, 5.74) is 2.09. The number of pyridine rings is 2. The molecule has 1 aromatic carbocycles. The third kappa shape index (κ3) is 5.61. The van der Waals surface area contributed by atoms with Crippen molar-refractivity contribution in [2.24, 2.45) is 0 Å². The minimum absolute atomic E-state index is 0.0836. The van der Waals surface area contributed by atoms with Crippen LogP contribution in [0.1, 0.15) is 25.3 Å². The van der Waals surface area contributed by atoms with Gasteiger partial charge in [0.25, 0.3) is 0 Å². The monoisotopic (exact) mass is 489 g/mol. The highest BCUT2D eigenvalue weighted by Crippen LogP contribution is 2.31. The minimum atomic E-state index is -1.27. The molecule has 2 N–H and O–H groups in total. The summed E-state index contributed by atoms with van der Waals surface area (Å²) in [4.78, 5) is 20.6. The SMILES string of the molecule is CC(C)c1cncc(NC(=O)Nc2ccc(Oc3ccnc(-c4cnn(CC#N)c4)c3)c(F)c2F)c1. The number of amides is 2. The molecular weight excluding hydrogens is 468 g/mol. The first-order valence-corrected chi connectivity index (χ1v) is 10.9. The molecule has 0 saturated carbocycles. The zero-order valence-electron chi connectivity index (χ0n) is 19.4. The molecule has 0 unspecified atom stereocenters. The second-order valence-electron chi connectivity index (χ2n) is 8.04. The van der Waals surface area contributed by atoms with Gasteiger partial charge in [0.05, 0.1) is 35.5 Å². The third-order valence-corrected chi connectivity index (χ3v) is 5.10. The summed E-state index contributed by atoms with van der Waals surface area (Å²) in [5.74, 6) is -2.49. The van der Waals surface area contributed by atoms with Gasteiger partial charge in [-0.05, 0) is 35.7 Å². The van der Waals surface area contributed by atoms with Gasteiger partial charge in [-0.25, -0.2) is 9.18 Å². The fourth-order valence-corrected chi connectivity index (χ4v) is 3.25. The lowest BCUT2D eigenvalue weighted by molar-refractivity contribution is 0.262. The number of halogens is 2. The maximum Gasteiger partial charge on any atom is 0.323 e. The molecule has 0 spiro atoms. The maximum atomic E-state index is 14.7. The molecule has 0 bridgehead atoms. The molecule has 0 radical (unpaired) electrons. The molecule has 3 heterocycles. The number of carbonyl (C=O) groups is 1. The van der Waals surface area contributed by atoms with Crippen molar-refractivity contribution in [1.82, 2.24) is 19.7 Å². The van der Waals surface area contributed by atoms with Crippen molar-refractivity contribution in [2.75, 3.05) is 10.6 Å². The third-order valence-electron chi connectivity index (χ3n) is 5.10. The first-order chi connectivity index (χ1) is 17.3. The van der Waals surface area contributed by atoms with Crippen LogP contribution >= 0.6 is 0 Å². The van der Waals surface area contributed by atoms with Crippen molar-refractivity contribution in [3.05, 3.63) is 78.5 Å². The molecule has 0 aliphatic carbocycles.